The summed E-state index contributed by atoms with van der Waals surface area (Å²) in [5, 5.41) is 0. The van der Waals surface area contributed by atoms with Crippen LogP contribution in [0.4, 0.5) is 8.78 Å². The second-order valence-electron chi connectivity index (χ2n) is 2.76. The largest absolute Gasteiger partial charge is 0.305 e. The summed E-state index contributed by atoms with van der Waals surface area (Å²) in [6.07, 6.45) is 1.55. The minimum atomic E-state index is -0.649. The van der Waals surface area contributed by atoms with Crippen LogP contribution in [0.1, 0.15) is 0 Å². The van der Waals surface area contributed by atoms with E-state index in [1.165, 1.54) is 0 Å². The van der Waals surface area contributed by atoms with E-state index in [1.807, 2.05) is 0 Å². The van der Waals surface area contributed by atoms with Crippen molar-refractivity contribution in [3.63, 3.8) is 0 Å². The number of benzene rings is 1. The molecule has 1 aromatic carbocycles. The third-order valence-corrected chi connectivity index (χ3v) is 1.78. The summed E-state index contributed by atoms with van der Waals surface area (Å²) in [5.74, 6) is -1.29. The van der Waals surface area contributed by atoms with Gasteiger partial charge < -0.3 is 4.98 Å². The number of pyridine rings is 1. The molecular formula is C11H6F2NV-. The van der Waals surface area contributed by atoms with Crippen molar-refractivity contribution in [2.24, 2.45) is 0 Å². The fourth-order valence-electron chi connectivity index (χ4n) is 1.15. The Balaban J connectivity index is 0.00000112. The van der Waals surface area contributed by atoms with Gasteiger partial charge in [-0.05, 0) is 11.8 Å². The molecule has 2 aromatic rings. The average molecular weight is 241 g/mol. The van der Waals surface area contributed by atoms with Crippen molar-refractivity contribution < 1.29 is 27.3 Å². The summed E-state index contributed by atoms with van der Waals surface area (Å²) < 4.78 is 25.8. The average Bonchev–Trinajstić information content (AvgIpc) is 2.19. The first-order valence-corrected chi connectivity index (χ1v) is 4.05. The number of halogens is 2. The summed E-state index contributed by atoms with van der Waals surface area (Å²) in [6.45, 7) is 0. The van der Waals surface area contributed by atoms with Crippen molar-refractivity contribution in [2.75, 3.05) is 0 Å². The molecule has 0 unspecified atom stereocenters. The van der Waals surface area contributed by atoms with Crippen LogP contribution in [0.25, 0.3) is 11.3 Å². The molecule has 0 amide bonds. The second kappa shape index (κ2) is 5.05. The summed E-state index contributed by atoms with van der Waals surface area (Å²) >= 11 is 0. The van der Waals surface area contributed by atoms with Crippen molar-refractivity contribution in [3.8, 4) is 11.3 Å². The van der Waals surface area contributed by atoms with Gasteiger partial charge in [-0.3, -0.25) is 8.78 Å². The van der Waals surface area contributed by atoms with Crippen LogP contribution in [0.3, 0.4) is 0 Å². The number of hydrogen-bond acceptors (Lipinski definition) is 1. The number of rotatable bonds is 1. The summed E-state index contributed by atoms with van der Waals surface area (Å²) in [5.41, 5.74) is 0.636. The smallest absolute Gasteiger partial charge is 0.0408 e. The molecule has 0 saturated heterocycles. The minimum Gasteiger partial charge on any atom is -0.305 e. The molecule has 1 heterocycles. The summed E-state index contributed by atoms with van der Waals surface area (Å²) in [4.78, 5) is 3.95. The maximum absolute atomic E-state index is 13.2. The van der Waals surface area contributed by atoms with E-state index in [-0.39, 0.29) is 24.1 Å². The van der Waals surface area contributed by atoms with Crippen molar-refractivity contribution in [2.45, 2.75) is 0 Å². The van der Waals surface area contributed by atoms with Gasteiger partial charge in [-0.25, -0.2) is 0 Å². The predicted molar refractivity (Wildman–Crippen MR) is 48.4 cm³/mol. The molecule has 4 heteroatoms. The Morgan fingerprint density at radius 1 is 1.20 bits per heavy atom. The first kappa shape index (κ1) is 11.9. The molecular weight excluding hydrogens is 235 g/mol. The van der Waals surface area contributed by atoms with E-state index in [0.29, 0.717) is 5.69 Å². The molecule has 75 valence electrons. The molecule has 1 nitrogen and oxygen atoms in total. The third kappa shape index (κ3) is 2.64. The molecule has 0 atom stereocenters. The van der Waals surface area contributed by atoms with Gasteiger partial charge in [0.05, 0.1) is 0 Å². The third-order valence-electron chi connectivity index (χ3n) is 1.78. The molecule has 0 saturated carbocycles. The Bertz CT molecular complexity index is 446. The molecule has 0 aliphatic carbocycles. The van der Waals surface area contributed by atoms with E-state index < -0.39 is 11.6 Å². The molecule has 0 N–H and O–H groups in total. The number of hydrogen-bond donors (Lipinski definition) is 0. The van der Waals surface area contributed by atoms with Gasteiger partial charge in [-0.1, -0.05) is 23.8 Å². The van der Waals surface area contributed by atoms with Gasteiger partial charge in [0.2, 0.25) is 0 Å². The second-order valence-corrected chi connectivity index (χ2v) is 2.76. The van der Waals surface area contributed by atoms with Gasteiger partial charge in [0.15, 0.2) is 0 Å². The van der Waals surface area contributed by atoms with Crippen LogP contribution in [0.5, 0.6) is 0 Å². The van der Waals surface area contributed by atoms with Crippen LogP contribution in [0.2, 0.25) is 0 Å². The van der Waals surface area contributed by atoms with E-state index in [2.05, 4.69) is 11.1 Å². The SMILES string of the molecule is Fc1c[c-]c(-c2ccccn2)c(F)c1.[V]. The Hall–Kier alpha value is -1.19. The Morgan fingerprint density at radius 2 is 2.00 bits per heavy atom. The molecule has 15 heavy (non-hydrogen) atoms. The number of nitrogens with zero attached hydrogens (tertiary/aromatic N) is 1. The molecule has 0 fully saturated rings. The summed E-state index contributed by atoms with van der Waals surface area (Å²) in [7, 11) is 0. The van der Waals surface area contributed by atoms with Gasteiger partial charge in [0.25, 0.3) is 0 Å². The molecule has 0 spiro atoms. The van der Waals surface area contributed by atoms with Crippen molar-refractivity contribution in [3.05, 3.63) is 54.2 Å². The standard InChI is InChI=1S/C11H6F2N.V/c12-8-4-5-9(10(13)7-8)11-3-1-2-6-14-11;/h1-4,6-7H;/q-1;. The fourth-order valence-corrected chi connectivity index (χ4v) is 1.15. The molecule has 0 aliphatic heterocycles. The normalized spacial score (nSPS) is 9.47. The van der Waals surface area contributed by atoms with Gasteiger partial charge in [0.1, 0.15) is 0 Å². The van der Waals surface area contributed by atoms with Crippen molar-refractivity contribution in [1.82, 2.24) is 4.98 Å². The maximum atomic E-state index is 13.2. The molecule has 1 radical (unpaired) electrons. The Labute approximate surface area is 98.0 Å². The Morgan fingerprint density at radius 3 is 2.60 bits per heavy atom. The van der Waals surface area contributed by atoms with Crippen LogP contribution < -0.4 is 0 Å². The van der Waals surface area contributed by atoms with Crippen molar-refractivity contribution in [1.29, 1.82) is 0 Å². The molecule has 0 bridgehead atoms. The van der Waals surface area contributed by atoms with Gasteiger partial charge in [-0.15, -0.1) is 12.1 Å². The zero-order chi connectivity index (χ0) is 9.97. The first-order valence-electron chi connectivity index (χ1n) is 4.05. The van der Waals surface area contributed by atoms with E-state index in [1.54, 1.807) is 24.4 Å². The zero-order valence-electron chi connectivity index (χ0n) is 7.61. The van der Waals surface area contributed by atoms with Gasteiger partial charge in [0, 0.05) is 36.4 Å². The van der Waals surface area contributed by atoms with Gasteiger partial charge >= 0.3 is 0 Å². The van der Waals surface area contributed by atoms with E-state index in [9.17, 15) is 8.78 Å². The summed E-state index contributed by atoms with van der Waals surface area (Å²) in [6, 6.07) is 9.53. The fraction of sp³-hybridized carbons (Fsp3) is 0. The quantitative estimate of drug-likeness (QED) is 0.699. The van der Waals surface area contributed by atoms with Crippen LogP contribution in [0.15, 0.2) is 36.5 Å². The van der Waals surface area contributed by atoms with E-state index in [4.69, 9.17) is 0 Å². The molecule has 2 rings (SSSR count). The minimum absolute atomic E-state index is 0. The topological polar surface area (TPSA) is 12.9 Å². The molecule has 1 aromatic heterocycles. The Kier molecular flexibility index (Phi) is 4.00. The van der Waals surface area contributed by atoms with Crippen LogP contribution in [-0.4, -0.2) is 4.98 Å². The molecule has 0 aliphatic rings. The zero-order valence-corrected chi connectivity index (χ0v) is 9.01. The predicted octanol–water partition coefficient (Wildman–Crippen LogP) is 2.82. The van der Waals surface area contributed by atoms with Crippen LogP contribution >= 0.6 is 0 Å². The van der Waals surface area contributed by atoms with Crippen LogP contribution in [0, 0.1) is 17.7 Å². The van der Waals surface area contributed by atoms with E-state index in [0.717, 1.165) is 12.1 Å². The maximum Gasteiger partial charge on any atom is 0.0408 e. The van der Waals surface area contributed by atoms with Gasteiger partial charge in [-0.2, -0.15) is 0 Å². The van der Waals surface area contributed by atoms with E-state index >= 15 is 0 Å². The van der Waals surface area contributed by atoms with Crippen molar-refractivity contribution >= 4 is 0 Å². The van der Waals surface area contributed by atoms with Crippen LogP contribution in [-0.2, 0) is 18.6 Å². The monoisotopic (exact) mass is 241 g/mol. The first-order chi connectivity index (χ1) is 6.77. The number of aromatic nitrogens is 1.